The van der Waals surface area contributed by atoms with E-state index in [4.69, 9.17) is 4.74 Å². The van der Waals surface area contributed by atoms with Crippen molar-refractivity contribution in [2.75, 3.05) is 6.61 Å². The molecule has 0 spiro atoms. The van der Waals surface area contributed by atoms with Crippen molar-refractivity contribution in [3.63, 3.8) is 0 Å². The fourth-order valence-electron chi connectivity index (χ4n) is 1.02. The van der Waals surface area contributed by atoms with Crippen LogP contribution in [0.1, 0.15) is 26.0 Å². The van der Waals surface area contributed by atoms with Crippen molar-refractivity contribution in [3.05, 3.63) is 18.1 Å². The summed E-state index contributed by atoms with van der Waals surface area (Å²) in [6.07, 6.45) is 5.36. The van der Waals surface area contributed by atoms with Crippen molar-refractivity contribution in [1.82, 2.24) is 9.97 Å². The van der Waals surface area contributed by atoms with Crippen LogP contribution < -0.4 is 4.74 Å². The minimum atomic E-state index is 0.648. The smallest absolute Gasteiger partial charge is 0.235 e. The van der Waals surface area contributed by atoms with Gasteiger partial charge in [0.25, 0.3) is 0 Å². The van der Waals surface area contributed by atoms with E-state index in [9.17, 15) is 0 Å². The quantitative estimate of drug-likeness (QED) is 0.684. The second-order valence-corrected chi connectivity index (χ2v) is 2.49. The van der Waals surface area contributed by atoms with E-state index in [2.05, 4.69) is 16.9 Å². The molecule has 1 rings (SSSR count). The van der Waals surface area contributed by atoms with Crippen molar-refractivity contribution in [2.45, 2.75) is 26.7 Å². The maximum Gasteiger partial charge on any atom is 0.235 e. The summed E-state index contributed by atoms with van der Waals surface area (Å²) in [6.45, 7) is 4.71. The molecule has 0 bridgehead atoms. The highest BCUT2D eigenvalue weighted by molar-refractivity contribution is 5.17. The van der Waals surface area contributed by atoms with Gasteiger partial charge >= 0.3 is 0 Å². The van der Waals surface area contributed by atoms with Gasteiger partial charge in [0.15, 0.2) is 0 Å². The maximum absolute atomic E-state index is 5.32. The molecule has 0 aliphatic heterocycles. The number of nitrogens with zero attached hydrogens (tertiary/aromatic N) is 2. The third-order valence-corrected chi connectivity index (χ3v) is 1.50. The minimum Gasteiger partial charge on any atom is -0.477 e. The molecule has 0 aromatic carbocycles. The molecule has 3 heteroatoms. The van der Waals surface area contributed by atoms with Crippen LogP contribution in [0, 0.1) is 0 Å². The third-order valence-electron chi connectivity index (χ3n) is 1.50. The standard InChI is InChI=1S/C9H14N2O/c1-3-5-8-9(12-4-2)11-7-6-10-8/h6-7H,3-5H2,1-2H3. The van der Waals surface area contributed by atoms with Gasteiger partial charge < -0.3 is 4.74 Å². The molecule has 66 valence electrons. The molecule has 1 heterocycles. The number of aryl methyl sites for hydroxylation is 1. The van der Waals surface area contributed by atoms with E-state index < -0.39 is 0 Å². The van der Waals surface area contributed by atoms with Gasteiger partial charge in [0, 0.05) is 12.4 Å². The van der Waals surface area contributed by atoms with Crippen molar-refractivity contribution < 1.29 is 4.74 Å². The Hall–Kier alpha value is -1.12. The van der Waals surface area contributed by atoms with Crippen LogP contribution in [0.25, 0.3) is 0 Å². The molecule has 0 N–H and O–H groups in total. The second-order valence-electron chi connectivity index (χ2n) is 2.49. The fourth-order valence-corrected chi connectivity index (χ4v) is 1.02. The monoisotopic (exact) mass is 166 g/mol. The predicted molar refractivity (Wildman–Crippen MR) is 47.2 cm³/mol. The molecule has 3 nitrogen and oxygen atoms in total. The summed E-state index contributed by atoms with van der Waals surface area (Å²) in [5.74, 6) is 0.682. The predicted octanol–water partition coefficient (Wildman–Crippen LogP) is 1.83. The molecule has 1 aromatic heterocycles. The highest BCUT2D eigenvalue weighted by Crippen LogP contribution is 2.12. The Bertz CT molecular complexity index is 213. The largest absolute Gasteiger partial charge is 0.477 e. The summed E-state index contributed by atoms with van der Waals surface area (Å²) in [5.41, 5.74) is 0.960. The minimum absolute atomic E-state index is 0.648. The Morgan fingerprint density at radius 1 is 1.25 bits per heavy atom. The zero-order chi connectivity index (χ0) is 8.81. The Morgan fingerprint density at radius 3 is 2.67 bits per heavy atom. The molecule has 1 aromatic rings. The van der Waals surface area contributed by atoms with Crippen LogP contribution in [0.2, 0.25) is 0 Å². The number of ether oxygens (including phenoxy) is 1. The van der Waals surface area contributed by atoms with E-state index in [0.29, 0.717) is 12.5 Å². The first kappa shape index (κ1) is 8.97. The molecule has 0 aliphatic carbocycles. The van der Waals surface area contributed by atoms with Gasteiger partial charge in [-0.25, -0.2) is 4.98 Å². The van der Waals surface area contributed by atoms with E-state index in [1.165, 1.54) is 0 Å². The van der Waals surface area contributed by atoms with Gasteiger partial charge in [-0.3, -0.25) is 4.98 Å². The van der Waals surface area contributed by atoms with E-state index in [1.807, 2.05) is 6.92 Å². The van der Waals surface area contributed by atoms with Gasteiger partial charge in [-0.1, -0.05) is 13.3 Å². The van der Waals surface area contributed by atoms with Crippen LogP contribution in [-0.4, -0.2) is 16.6 Å². The molecular formula is C9H14N2O. The lowest BCUT2D eigenvalue weighted by Gasteiger charge is -2.05. The van der Waals surface area contributed by atoms with Gasteiger partial charge in [-0.2, -0.15) is 0 Å². The molecule has 0 fully saturated rings. The SMILES string of the molecule is CCCc1nccnc1OCC. The number of hydrogen-bond acceptors (Lipinski definition) is 3. The first-order valence-corrected chi connectivity index (χ1v) is 4.31. The Morgan fingerprint density at radius 2 is 2.00 bits per heavy atom. The van der Waals surface area contributed by atoms with Crippen LogP contribution >= 0.6 is 0 Å². The number of hydrogen-bond donors (Lipinski definition) is 0. The molecule has 0 unspecified atom stereocenters. The molecule has 0 saturated carbocycles. The van der Waals surface area contributed by atoms with E-state index >= 15 is 0 Å². The summed E-state index contributed by atoms with van der Waals surface area (Å²) in [5, 5.41) is 0. The average molecular weight is 166 g/mol. The van der Waals surface area contributed by atoms with Gasteiger partial charge in [0.05, 0.1) is 6.61 Å². The molecule has 0 atom stereocenters. The summed E-state index contributed by atoms with van der Waals surface area (Å²) < 4.78 is 5.32. The Kier molecular flexibility index (Phi) is 3.51. The summed E-state index contributed by atoms with van der Waals surface area (Å²) >= 11 is 0. The summed E-state index contributed by atoms with van der Waals surface area (Å²) in [6, 6.07) is 0. The summed E-state index contributed by atoms with van der Waals surface area (Å²) in [7, 11) is 0. The molecule has 0 amide bonds. The van der Waals surface area contributed by atoms with Crippen LogP contribution in [0.3, 0.4) is 0 Å². The van der Waals surface area contributed by atoms with Crippen LogP contribution in [-0.2, 0) is 6.42 Å². The van der Waals surface area contributed by atoms with E-state index in [-0.39, 0.29) is 0 Å². The number of aromatic nitrogens is 2. The third kappa shape index (κ3) is 2.19. The lowest BCUT2D eigenvalue weighted by molar-refractivity contribution is 0.320. The molecule has 12 heavy (non-hydrogen) atoms. The first-order chi connectivity index (χ1) is 5.88. The number of rotatable bonds is 4. The van der Waals surface area contributed by atoms with E-state index in [0.717, 1.165) is 18.5 Å². The van der Waals surface area contributed by atoms with Crippen molar-refractivity contribution in [3.8, 4) is 5.88 Å². The van der Waals surface area contributed by atoms with Crippen molar-refractivity contribution >= 4 is 0 Å². The molecular weight excluding hydrogens is 152 g/mol. The van der Waals surface area contributed by atoms with Crippen molar-refractivity contribution in [2.24, 2.45) is 0 Å². The topological polar surface area (TPSA) is 35.0 Å². The lowest BCUT2D eigenvalue weighted by Crippen LogP contribution is -2.00. The Balaban J connectivity index is 2.77. The zero-order valence-electron chi connectivity index (χ0n) is 7.58. The fraction of sp³-hybridized carbons (Fsp3) is 0.556. The van der Waals surface area contributed by atoms with Gasteiger partial charge in [-0.15, -0.1) is 0 Å². The van der Waals surface area contributed by atoms with Gasteiger partial charge in [0.2, 0.25) is 5.88 Å². The van der Waals surface area contributed by atoms with Gasteiger partial charge in [0.1, 0.15) is 5.69 Å². The Labute approximate surface area is 72.8 Å². The zero-order valence-corrected chi connectivity index (χ0v) is 7.58. The molecule has 0 aliphatic rings. The summed E-state index contributed by atoms with van der Waals surface area (Å²) in [4.78, 5) is 8.30. The van der Waals surface area contributed by atoms with Crippen molar-refractivity contribution in [1.29, 1.82) is 0 Å². The van der Waals surface area contributed by atoms with Gasteiger partial charge in [-0.05, 0) is 13.3 Å². The highest BCUT2D eigenvalue weighted by atomic mass is 16.5. The molecule has 0 saturated heterocycles. The average Bonchev–Trinajstić information content (AvgIpc) is 2.09. The van der Waals surface area contributed by atoms with Crippen LogP contribution in [0.5, 0.6) is 5.88 Å². The lowest BCUT2D eigenvalue weighted by atomic mass is 10.2. The first-order valence-electron chi connectivity index (χ1n) is 4.31. The highest BCUT2D eigenvalue weighted by Gasteiger charge is 2.03. The second kappa shape index (κ2) is 4.70. The van der Waals surface area contributed by atoms with E-state index in [1.54, 1.807) is 12.4 Å². The van der Waals surface area contributed by atoms with Crippen LogP contribution in [0.15, 0.2) is 12.4 Å². The van der Waals surface area contributed by atoms with Crippen LogP contribution in [0.4, 0.5) is 0 Å². The normalized spacial score (nSPS) is 9.83. The molecule has 0 radical (unpaired) electrons. The maximum atomic E-state index is 5.32.